The van der Waals surface area contributed by atoms with Gasteiger partial charge in [-0.05, 0) is 31.0 Å². The van der Waals surface area contributed by atoms with Gasteiger partial charge in [-0.2, -0.15) is 0 Å². The van der Waals surface area contributed by atoms with Crippen molar-refractivity contribution in [1.29, 1.82) is 0 Å². The molecule has 5 heteroatoms. The summed E-state index contributed by atoms with van der Waals surface area (Å²) in [5.74, 6) is 0.464. The number of carbonyl (C=O) groups is 1. The molecular weight excluding hydrogens is 236 g/mol. The van der Waals surface area contributed by atoms with E-state index in [-0.39, 0.29) is 19.4 Å². The normalized spacial score (nSPS) is 14.3. The first-order chi connectivity index (χ1) is 8.74. The summed E-state index contributed by atoms with van der Waals surface area (Å²) in [5, 5.41) is 9.22. The molecule has 0 bridgehead atoms. The molecule has 0 spiro atoms. The van der Waals surface area contributed by atoms with E-state index in [9.17, 15) is 9.90 Å². The van der Waals surface area contributed by atoms with E-state index in [2.05, 4.69) is 0 Å². The van der Waals surface area contributed by atoms with Gasteiger partial charge in [-0.1, -0.05) is 6.07 Å². The number of aliphatic hydroxyl groups is 1. The number of carbonyl (C=O) groups excluding carboxylic acids is 1. The van der Waals surface area contributed by atoms with Crippen LogP contribution in [0.3, 0.4) is 0 Å². The molecule has 0 unspecified atom stereocenters. The zero-order valence-electron chi connectivity index (χ0n) is 10.2. The zero-order valence-corrected chi connectivity index (χ0v) is 10.2. The number of hydrogen-bond donors (Lipinski definition) is 1. The molecule has 1 heterocycles. The number of benzene rings is 1. The summed E-state index contributed by atoms with van der Waals surface area (Å²) in [7, 11) is 0. The molecule has 1 aromatic rings. The molecule has 0 aromatic heterocycles. The van der Waals surface area contributed by atoms with Gasteiger partial charge in [-0.3, -0.25) is 4.79 Å². The standard InChI is InChI=1S/C13H16O5/c1-2-16-13(15)10(7-14)5-9-3-4-11-12(6-9)18-8-17-11/h3-4,6,10,14H,2,5,7-8H2,1H3/t10-/m1/s1. The molecule has 1 aromatic carbocycles. The number of esters is 1. The molecule has 2 rings (SSSR count). The van der Waals surface area contributed by atoms with Crippen LogP contribution >= 0.6 is 0 Å². The highest BCUT2D eigenvalue weighted by atomic mass is 16.7. The SMILES string of the molecule is CCOC(=O)[C@@H](CO)Cc1ccc2c(c1)OCO2. The Labute approximate surface area is 105 Å². The molecule has 98 valence electrons. The smallest absolute Gasteiger partial charge is 0.311 e. The van der Waals surface area contributed by atoms with Crippen LogP contribution in [0.4, 0.5) is 0 Å². The van der Waals surface area contributed by atoms with E-state index in [0.29, 0.717) is 24.5 Å². The fourth-order valence-corrected chi connectivity index (χ4v) is 1.83. The lowest BCUT2D eigenvalue weighted by Crippen LogP contribution is -2.23. The average Bonchev–Trinajstić information content (AvgIpc) is 2.83. The first kappa shape index (κ1) is 12.7. The van der Waals surface area contributed by atoms with Gasteiger partial charge in [-0.15, -0.1) is 0 Å². The van der Waals surface area contributed by atoms with Crippen LogP contribution in [0, 0.1) is 5.92 Å². The molecule has 1 aliphatic rings. The largest absolute Gasteiger partial charge is 0.466 e. The van der Waals surface area contributed by atoms with E-state index in [1.54, 1.807) is 13.0 Å². The van der Waals surface area contributed by atoms with Crippen LogP contribution in [-0.2, 0) is 16.0 Å². The predicted octanol–water partition coefficient (Wildman–Crippen LogP) is 1.13. The van der Waals surface area contributed by atoms with Crippen LogP contribution < -0.4 is 9.47 Å². The van der Waals surface area contributed by atoms with Crippen molar-refractivity contribution in [1.82, 2.24) is 0 Å². The second kappa shape index (κ2) is 5.73. The Balaban J connectivity index is 2.05. The maximum atomic E-state index is 11.6. The van der Waals surface area contributed by atoms with E-state index < -0.39 is 5.92 Å². The van der Waals surface area contributed by atoms with Gasteiger partial charge in [-0.25, -0.2) is 0 Å². The quantitative estimate of drug-likeness (QED) is 0.796. The van der Waals surface area contributed by atoms with E-state index in [0.717, 1.165) is 5.56 Å². The van der Waals surface area contributed by atoms with E-state index in [1.807, 2.05) is 12.1 Å². The molecule has 0 aliphatic carbocycles. The van der Waals surface area contributed by atoms with E-state index in [1.165, 1.54) is 0 Å². The number of rotatable bonds is 5. The predicted molar refractivity (Wildman–Crippen MR) is 63.5 cm³/mol. The Kier molecular flexibility index (Phi) is 4.04. The van der Waals surface area contributed by atoms with Gasteiger partial charge in [0.1, 0.15) is 0 Å². The summed E-state index contributed by atoms with van der Waals surface area (Å²) in [6.07, 6.45) is 0.423. The van der Waals surface area contributed by atoms with Crippen LogP contribution in [0.25, 0.3) is 0 Å². The molecular formula is C13H16O5. The van der Waals surface area contributed by atoms with Crippen LogP contribution in [0.5, 0.6) is 11.5 Å². The van der Waals surface area contributed by atoms with Crippen molar-refractivity contribution in [2.45, 2.75) is 13.3 Å². The summed E-state index contributed by atoms with van der Waals surface area (Å²) in [5.41, 5.74) is 0.909. The summed E-state index contributed by atoms with van der Waals surface area (Å²) >= 11 is 0. The Morgan fingerprint density at radius 2 is 2.22 bits per heavy atom. The van der Waals surface area contributed by atoms with Crippen molar-refractivity contribution in [3.63, 3.8) is 0 Å². The lowest BCUT2D eigenvalue weighted by Gasteiger charge is -2.13. The van der Waals surface area contributed by atoms with Gasteiger partial charge in [0, 0.05) is 0 Å². The number of ether oxygens (including phenoxy) is 3. The third-order valence-corrected chi connectivity index (χ3v) is 2.76. The number of hydrogen-bond acceptors (Lipinski definition) is 5. The van der Waals surface area contributed by atoms with Gasteiger partial charge in [0.05, 0.1) is 19.1 Å². The molecule has 5 nitrogen and oxygen atoms in total. The van der Waals surface area contributed by atoms with Crippen LogP contribution in [0.1, 0.15) is 12.5 Å². The first-order valence-electron chi connectivity index (χ1n) is 5.90. The van der Waals surface area contributed by atoms with Crippen molar-refractivity contribution >= 4 is 5.97 Å². The second-order valence-corrected chi connectivity index (χ2v) is 4.02. The van der Waals surface area contributed by atoms with Gasteiger partial charge >= 0.3 is 5.97 Å². The maximum absolute atomic E-state index is 11.6. The molecule has 1 N–H and O–H groups in total. The van der Waals surface area contributed by atoms with Crippen molar-refractivity contribution < 1.29 is 24.1 Å². The summed E-state index contributed by atoms with van der Waals surface area (Å²) in [6, 6.07) is 5.48. The number of fused-ring (bicyclic) bond motifs is 1. The number of aliphatic hydroxyl groups excluding tert-OH is 1. The highest BCUT2D eigenvalue weighted by molar-refractivity contribution is 5.73. The minimum atomic E-state index is -0.537. The van der Waals surface area contributed by atoms with Crippen molar-refractivity contribution in [3.05, 3.63) is 23.8 Å². The first-order valence-corrected chi connectivity index (χ1v) is 5.90. The van der Waals surface area contributed by atoms with E-state index >= 15 is 0 Å². The van der Waals surface area contributed by atoms with Crippen molar-refractivity contribution in [2.24, 2.45) is 5.92 Å². The average molecular weight is 252 g/mol. The minimum Gasteiger partial charge on any atom is -0.466 e. The van der Waals surface area contributed by atoms with Crippen LogP contribution in [-0.4, -0.2) is 31.1 Å². The second-order valence-electron chi connectivity index (χ2n) is 4.02. The van der Waals surface area contributed by atoms with Crippen molar-refractivity contribution in [2.75, 3.05) is 20.0 Å². The third-order valence-electron chi connectivity index (χ3n) is 2.76. The van der Waals surface area contributed by atoms with Gasteiger partial charge in [0.2, 0.25) is 6.79 Å². The molecule has 0 radical (unpaired) electrons. The summed E-state index contributed by atoms with van der Waals surface area (Å²) in [6.45, 7) is 2.05. The minimum absolute atomic E-state index is 0.222. The molecule has 18 heavy (non-hydrogen) atoms. The third kappa shape index (κ3) is 2.73. The highest BCUT2D eigenvalue weighted by Gasteiger charge is 2.21. The molecule has 1 aliphatic heterocycles. The van der Waals surface area contributed by atoms with Crippen molar-refractivity contribution in [3.8, 4) is 11.5 Å². The Hall–Kier alpha value is -1.75. The van der Waals surface area contributed by atoms with E-state index in [4.69, 9.17) is 14.2 Å². The zero-order chi connectivity index (χ0) is 13.0. The monoisotopic (exact) mass is 252 g/mol. The summed E-state index contributed by atoms with van der Waals surface area (Å²) in [4.78, 5) is 11.6. The van der Waals surface area contributed by atoms with Gasteiger partial charge in [0.25, 0.3) is 0 Å². The van der Waals surface area contributed by atoms with Crippen LogP contribution in [0.2, 0.25) is 0 Å². The highest BCUT2D eigenvalue weighted by Crippen LogP contribution is 2.33. The molecule has 0 saturated heterocycles. The summed E-state index contributed by atoms with van der Waals surface area (Å²) < 4.78 is 15.4. The molecule has 0 amide bonds. The van der Waals surface area contributed by atoms with Gasteiger partial charge < -0.3 is 19.3 Å². The molecule has 0 fully saturated rings. The fourth-order valence-electron chi connectivity index (χ4n) is 1.83. The fraction of sp³-hybridized carbons (Fsp3) is 0.462. The Bertz CT molecular complexity index is 429. The van der Waals surface area contributed by atoms with Gasteiger partial charge in [0.15, 0.2) is 11.5 Å². The lowest BCUT2D eigenvalue weighted by molar-refractivity contribution is -0.149. The molecule has 0 saturated carbocycles. The topological polar surface area (TPSA) is 65.0 Å². The Morgan fingerprint density at radius 1 is 1.44 bits per heavy atom. The lowest BCUT2D eigenvalue weighted by atomic mass is 10.00. The molecule has 1 atom stereocenters. The van der Waals surface area contributed by atoms with Crippen LogP contribution in [0.15, 0.2) is 18.2 Å². The Morgan fingerprint density at radius 3 is 2.94 bits per heavy atom. The maximum Gasteiger partial charge on any atom is 0.311 e.